The zero-order valence-corrected chi connectivity index (χ0v) is 67.7. The van der Waals surface area contributed by atoms with Crippen LogP contribution < -0.4 is 17.2 Å². The minimum absolute atomic E-state index is 0.0306. The first-order valence-electron chi connectivity index (χ1n) is 36.6. The van der Waals surface area contributed by atoms with E-state index in [1.807, 2.05) is 18.2 Å². The van der Waals surface area contributed by atoms with E-state index in [1.165, 1.54) is 133 Å². The number of hydroxylamine groups is 6. The maximum absolute atomic E-state index is 17.8. The van der Waals surface area contributed by atoms with Crippen molar-refractivity contribution >= 4 is 95.6 Å². The zero-order chi connectivity index (χ0) is 85.7. The number of fused-ring (bicyclic) bond motifs is 3. The number of rotatable bonds is 33. The van der Waals surface area contributed by atoms with Crippen LogP contribution in [0.25, 0.3) is 16.6 Å². The van der Waals surface area contributed by atoms with E-state index in [2.05, 4.69) is 30.2 Å². The van der Waals surface area contributed by atoms with Gasteiger partial charge in [0.2, 0.25) is 16.8 Å². The van der Waals surface area contributed by atoms with E-state index in [-0.39, 0.29) is 51.1 Å². The number of ether oxygens (including phenoxy) is 12. The highest BCUT2D eigenvalue weighted by Crippen LogP contribution is 2.57. The molecule has 3 fully saturated rings. The molecule has 0 radical (unpaired) electrons. The number of nitrogens with zero attached hydrogens (tertiary/aromatic N) is 15. The van der Waals surface area contributed by atoms with Crippen LogP contribution >= 0.6 is 7.82 Å². The molecule has 626 valence electrons. The number of esters is 9. The summed E-state index contributed by atoms with van der Waals surface area (Å²) in [5.41, 5.74) is 10.5. The Balaban J connectivity index is 1.33. The van der Waals surface area contributed by atoms with Gasteiger partial charge in [0, 0.05) is 0 Å². The largest absolute Gasteiger partial charge is 0.525 e. The van der Waals surface area contributed by atoms with Crippen LogP contribution in [-0.2, 0) is 118 Å². The Morgan fingerprint density at radius 2 is 0.629 bits per heavy atom. The Hall–Kier alpha value is -11.2. The fraction of sp³-hybridized carbons (Fsp3) is 0.583. The summed E-state index contributed by atoms with van der Waals surface area (Å²) in [4.78, 5) is 142. The molecule has 0 aliphatic carbocycles. The lowest BCUT2D eigenvalue weighted by atomic mass is 9.93. The highest BCUT2D eigenvalue weighted by molar-refractivity contribution is 7.48. The minimum Gasteiger partial charge on any atom is -0.468 e. The van der Waals surface area contributed by atoms with Crippen LogP contribution in [0, 0.1) is 69.5 Å². The van der Waals surface area contributed by atoms with E-state index in [4.69, 9.17) is 87.9 Å². The number of nitrogens with two attached hydrogens (primary N) is 3. The zero-order valence-electron chi connectivity index (χ0n) is 66.8. The lowest BCUT2D eigenvalue weighted by molar-refractivity contribution is -0.241. The smallest absolute Gasteiger partial charge is 0.468 e. The molecule has 3 aliphatic rings. The summed E-state index contributed by atoms with van der Waals surface area (Å²) in [7, 11) is -3.96. The molecule has 0 bridgehead atoms. The van der Waals surface area contributed by atoms with Crippen molar-refractivity contribution < 1.29 is 118 Å². The predicted octanol–water partition coefficient (Wildman–Crippen LogP) is 3.86. The van der Waals surface area contributed by atoms with Crippen molar-refractivity contribution in [2.75, 3.05) is 58.2 Å². The van der Waals surface area contributed by atoms with Crippen LogP contribution in [0.2, 0.25) is 0 Å². The maximum Gasteiger partial charge on any atom is 0.525 e. The maximum atomic E-state index is 17.8. The summed E-state index contributed by atoms with van der Waals surface area (Å²) in [5, 5.41) is 50.3. The van der Waals surface area contributed by atoms with Gasteiger partial charge in [-0.3, -0.25) is 43.2 Å². The minimum atomic E-state index is -6.66. The molecule has 44 heteroatoms. The van der Waals surface area contributed by atoms with Gasteiger partial charge in [-0.05, 0) is 57.2 Å². The predicted molar refractivity (Wildman–Crippen MR) is 392 cm³/mol. The van der Waals surface area contributed by atoms with E-state index in [1.54, 1.807) is 0 Å². The summed E-state index contributed by atoms with van der Waals surface area (Å²) >= 11 is 0. The monoisotopic (exact) mass is 1640 g/mol. The molecular formula is C72H93N18O25P. The first-order chi connectivity index (χ1) is 54.6. The number of aromatic nitrogens is 9. The van der Waals surface area contributed by atoms with Gasteiger partial charge in [0.15, 0.2) is 54.1 Å². The normalized spacial score (nSPS) is 24.2. The highest BCUT2D eigenvalue weighted by atomic mass is 31.2. The second kappa shape index (κ2) is 35.9. The molecular weight excluding hydrogens is 1550 g/mol. The van der Waals surface area contributed by atoms with Crippen LogP contribution in [0.4, 0.5) is 17.5 Å². The van der Waals surface area contributed by atoms with Gasteiger partial charge in [-0.1, -0.05) is 83.1 Å². The van der Waals surface area contributed by atoms with Gasteiger partial charge < -0.3 is 74.0 Å². The lowest BCUT2D eigenvalue weighted by Gasteiger charge is -2.40. The molecule has 9 heterocycles. The molecule has 6 N–H and O–H groups in total. The Morgan fingerprint density at radius 1 is 0.405 bits per heavy atom. The third kappa shape index (κ3) is 17.9. The van der Waals surface area contributed by atoms with Crippen LogP contribution in [0.1, 0.15) is 139 Å². The van der Waals surface area contributed by atoms with Gasteiger partial charge in [0.05, 0.1) is 93.6 Å². The summed E-state index contributed by atoms with van der Waals surface area (Å²) in [6.45, 7) is 16.3. The molecule has 43 nitrogen and oxygen atoms in total. The van der Waals surface area contributed by atoms with Crippen LogP contribution in [-0.4, -0.2) is 225 Å². The van der Waals surface area contributed by atoms with E-state index < -0.39 is 207 Å². The van der Waals surface area contributed by atoms with Crippen molar-refractivity contribution in [2.24, 2.45) is 35.5 Å². The number of hydrogen-bond donors (Lipinski definition) is 3. The number of carbonyl (C=O) groups excluding carboxylic acids is 9. The summed E-state index contributed by atoms with van der Waals surface area (Å²) in [6.07, 6.45) is -14.3. The average molecular weight is 1640 g/mol. The van der Waals surface area contributed by atoms with E-state index in [0.29, 0.717) is 15.2 Å². The molecule has 0 saturated carbocycles. The molecule has 116 heavy (non-hydrogen) atoms. The Bertz CT molecular complexity index is 4410. The second-order valence-electron chi connectivity index (χ2n) is 29.4. The molecule has 15 atom stereocenters. The molecule has 6 aromatic rings. The second-order valence-corrected chi connectivity index (χ2v) is 30.8. The number of anilines is 3. The molecule has 0 amide bonds. The van der Waals surface area contributed by atoms with Gasteiger partial charge in [0.1, 0.15) is 90.2 Å². The quantitative estimate of drug-likeness (QED) is 0.0228. The molecule has 0 spiro atoms. The fourth-order valence-electron chi connectivity index (χ4n) is 12.5. The number of hydrogen-bond acceptors (Lipinski definition) is 40. The van der Waals surface area contributed by atoms with Crippen molar-refractivity contribution in [2.45, 2.75) is 194 Å². The van der Waals surface area contributed by atoms with E-state index in [0.717, 1.165) is 61.1 Å². The Morgan fingerprint density at radius 3 is 0.836 bits per heavy atom. The number of nitriles is 3. The van der Waals surface area contributed by atoms with E-state index >= 15 is 4.57 Å². The summed E-state index contributed by atoms with van der Waals surface area (Å²) in [5.74, 6) is -16.1. The Labute approximate surface area is 664 Å². The summed E-state index contributed by atoms with van der Waals surface area (Å²) < 4.78 is 114. The van der Waals surface area contributed by atoms with Crippen molar-refractivity contribution in [3.8, 4) is 18.2 Å². The molecule has 0 aromatic carbocycles. The van der Waals surface area contributed by atoms with Crippen LogP contribution in [0.15, 0.2) is 55.4 Å². The fourth-order valence-corrected chi connectivity index (χ4v) is 14.0. The number of nitrogen functional groups attached to an aromatic ring is 3. The van der Waals surface area contributed by atoms with Gasteiger partial charge in [-0.15, -0.1) is 0 Å². The number of phosphoric acid groups is 1. The molecule has 3 aliphatic heterocycles. The van der Waals surface area contributed by atoms with Crippen LogP contribution in [0.3, 0.4) is 0 Å². The first-order valence-corrected chi connectivity index (χ1v) is 38.1. The number of methoxy groups -OCH3 is 3. The van der Waals surface area contributed by atoms with Crippen molar-refractivity contribution in [3.05, 3.63) is 72.5 Å². The topological polar surface area (TPSA) is 559 Å². The lowest BCUT2D eigenvalue weighted by Crippen LogP contribution is -2.58. The number of carbonyl (C=O) groups is 9. The third-order valence-corrected chi connectivity index (χ3v) is 20.4. The van der Waals surface area contributed by atoms with Crippen LogP contribution in [0.5, 0.6) is 0 Å². The van der Waals surface area contributed by atoms with Gasteiger partial charge in [0.25, 0.3) is 0 Å². The van der Waals surface area contributed by atoms with Crippen molar-refractivity contribution in [1.29, 1.82) is 15.8 Å². The van der Waals surface area contributed by atoms with Gasteiger partial charge in [-0.2, -0.15) is 60.1 Å². The summed E-state index contributed by atoms with van der Waals surface area (Å²) in [6, 6.07) is 8.21. The van der Waals surface area contributed by atoms with Gasteiger partial charge >= 0.3 is 61.5 Å². The average Bonchev–Trinajstić information content (AvgIpc) is 1.59. The third-order valence-electron chi connectivity index (χ3n) is 19.2. The van der Waals surface area contributed by atoms with Crippen molar-refractivity contribution in [1.82, 2.24) is 59.0 Å². The van der Waals surface area contributed by atoms with Gasteiger partial charge in [-0.25, -0.2) is 33.1 Å². The Kier molecular flexibility index (Phi) is 27.5. The van der Waals surface area contributed by atoms with Crippen molar-refractivity contribution in [3.63, 3.8) is 0 Å². The molecule has 9 rings (SSSR count). The first kappa shape index (κ1) is 88.8. The standard InChI is InChI=1S/C72H93N18O25P/c1-34(2)61(91)104-52-49(43-19-22-46-58(76)79-31-82-88(43)46)110-70(25-73,55(52)107-64(94)37(7)8)28-85(40(13)67(97)101-16)113-116(100,114-86(41(14)68(98)102-17)29-71(26-74)56(108-65(95)38(9)10)53(105-62(92)35(3)4)50(111-71)44-20-23-47-59(77)80-32-83-89(44)47)115-87(42(15)69(99)103-18)30-72(27-75)57(109-66(96)39(11)12)54(106-63(93)36(5)6)51(112-72)45-21-24-48-60(78)81-33-84-90(45)48/h19-24,31-42,49-57H,28-30H2,1-18H3,(H2,76,79,82)(H2,77,80,83)(H2,78,81,84)/t40-,41-,42-,49-,50-,51-,52-,53-,54-,55-,56-,57-,70-,71-,72-/m0/s1. The molecule has 3 saturated heterocycles. The molecule has 0 unspecified atom stereocenters. The van der Waals surface area contributed by atoms with E-state index in [9.17, 15) is 58.9 Å². The molecule has 6 aromatic heterocycles. The highest BCUT2D eigenvalue weighted by Gasteiger charge is 2.67. The SMILES string of the molecule is COC(=O)[C@H](C)N(C[C@]1(C#N)O[C@@H](c2ccc3c(N)ncnn23)[C@H](OC(=O)C(C)C)[C@@H]1OC(=O)C(C)C)OP(=O)(ON(C[C@]1(C#N)O[C@@H](c2ccc3c(N)ncnn23)[C@H](OC(=O)C(C)C)[C@@H]1OC(=O)C(C)C)[C@@H](C)C(=O)OC)ON(C[C@]1(C#N)O[C@@H](c2ccc3c(N)ncnn23)[C@H](OC(=O)C(C)C)[C@@H]1OC(=O)C(C)C)[C@@H](C)C(=O)OC.